The van der Waals surface area contributed by atoms with Crippen molar-refractivity contribution in [3.8, 4) is 0 Å². The zero-order chi connectivity index (χ0) is 19.4. The molecule has 0 radical (unpaired) electrons. The lowest BCUT2D eigenvalue weighted by atomic mass is 9.73. The van der Waals surface area contributed by atoms with Crippen molar-refractivity contribution in [3.05, 3.63) is 65.5 Å². The summed E-state index contributed by atoms with van der Waals surface area (Å²) < 4.78 is 42.0. The molecule has 2 aromatic carbocycles. The summed E-state index contributed by atoms with van der Waals surface area (Å²) in [7, 11) is -0.855. The first-order chi connectivity index (χ1) is 12.8. The van der Waals surface area contributed by atoms with Crippen LogP contribution in [0.25, 0.3) is 0 Å². The van der Waals surface area contributed by atoms with Gasteiger partial charge >= 0.3 is 0 Å². The van der Waals surface area contributed by atoms with Crippen LogP contribution in [0, 0.1) is 5.82 Å². The van der Waals surface area contributed by atoms with E-state index in [1.807, 2.05) is 24.3 Å². The quantitative estimate of drug-likeness (QED) is 0.876. The number of amides is 1. The van der Waals surface area contributed by atoms with Gasteiger partial charge in [0.15, 0.2) is 0 Å². The van der Waals surface area contributed by atoms with Gasteiger partial charge in [0.1, 0.15) is 5.82 Å². The molecule has 6 nitrogen and oxygen atoms in total. The van der Waals surface area contributed by atoms with Crippen molar-refractivity contribution >= 4 is 21.8 Å². The third-order valence-corrected chi connectivity index (χ3v) is 7.39. The Hall–Kier alpha value is -2.29. The lowest BCUT2D eigenvalue weighted by Gasteiger charge is -2.34. The fourth-order valence-corrected chi connectivity index (χ4v) is 5.52. The Morgan fingerprint density at radius 3 is 2.48 bits per heavy atom. The molecule has 0 unspecified atom stereocenters. The molecule has 2 heterocycles. The van der Waals surface area contributed by atoms with E-state index in [4.69, 9.17) is 0 Å². The van der Waals surface area contributed by atoms with E-state index in [2.05, 4.69) is 5.32 Å². The Balaban J connectivity index is 1.95. The van der Waals surface area contributed by atoms with Crippen LogP contribution in [0.5, 0.6) is 0 Å². The van der Waals surface area contributed by atoms with Crippen LogP contribution in [-0.4, -0.2) is 43.6 Å². The minimum absolute atomic E-state index is 0.199. The van der Waals surface area contributed by atoms with Crippen molar-refractivity contribution in [1.29, 1.82) is 0 Å². The van der Waals surface area contributed by atoms with Crippen LogP contribution in [0.15, 0.2) is 48.5 Å². The molecule has 142 valence electrons. The molecule has 0 saturated carbocycles. The highest BCUT2D eigenvalue weighted by Crippen LogP contribution is 2.55. The number of carbonyl (C=O) groups excluding carboxylic acids is 1. The molecule has 0 aromatic heterocycles. The summed E-state index contributed by atoms with van der Waals surface area (Å²) in [5.41, 5.74) is 1.02. The lowest BCUT2D eigenvalue weighted by Crippen LogP contribution is -2.45. The number of nitrogens with zero attached hydrogens (tertiary/aromatic N) is 2. The number of hydrogen-bond donors (Lipinski definition) is 1. The second-order valence-electron chi connectivity index (χ2n) is 7.08. The van der Waals surface area contributed by atoms with Gasteiger partial charge in [-0.2, -0.15) is 17.0 Å². The summed E-state index contributed by atoms with van der Waals surface area (Å²) in [5.74, 6) is -0.640. The third kappa shape index (κ3) is 2.51. The van der Waals surface area contributed by atoms with Crippen molar-refractivity contribution < 1.29 is 17.6 Å². The number of hydrogen-bond acceptors (Lipinski definition) is 3. The summed E-state index contributed by atoms with van der Waals surface area (Å²) in [6.07, 6.45) is 0.352. The van der Waals surface area contributed by atoms with Crippen LogP contribution in [0.4, 0.5) is 10.1 Å². The van der Waals surface area contributed by atoms with Crippen molar-refractivity contribution in [2.75, 3.05) is 26.0 Å². The number of halogens is 1. The third-order valence-electron chi connectivity index (χ3n) is 5.49. The van der Waals surface area contributed by atoms with Crippen molar-refractivity contribution in [2.24, 2.45) is 0 Å². The van der Waals surface area contributed by atoms with Gasteiger partial charge in [0.05, 0.1) is 11.5 Å². The number of anilines is 1. The number of rotatable bonds is 3. The fraction of sp³-hybridized carbons (Fsp3) is 0.316. The minimum atomic E-state index is -3.78. The largest absolute Gasteiger partial charge is 0.325 e. The van der Waals surface area contributed by atoms with Gasteiger partial charge in [-0.1, -0.05) is 30.3 Å². The summed E-state index contributed by atoms with van der Waals surface area (Å²) in [5, 5.41) is 2.89. The minimum Gasteiger partial charge on any atom is -0.325 e. The van der Waals surface area contributed by atoms with Crippen molar-refractivity contribution in [2.45, 2.75) is 17.9 Å². The predicted molar refractivity (Wildman–Crippen MR) is 99.8 cm³/mol. The average Bonchev–Trinajstić information content (AvgIpc) is 3.16. The molecule has 1 saturated heterocycles. The van der Waals surface area contributed by atoms with Gasteiger partial charge in [-0.25, -0.2) is 4.39 Å². The van der Waals surface area contributed by atoms with E-state index in [1.54, 1.807) is 12.1 Å². The lowest BCUT2D eigenvalue weighted by molar-refractivity contribution is -0.121. The van der Waals surface area contributed by atoms with Crippen LogP contribution in [0.1, 0.15) is 23.6 Å². The number of nitrogens with one attached hydrogen (secondary N) is 1. The summed E-state index contributed by atoms with van der Waals surface area (Å²) in [6, 6.07) is 12.3. The van der Waals surface area contributed by atoms with Gasteiger partial charge in [-0.05, 0) is 35.7 Å². The first-order valence-electron chi connectivity index (χ1n) is 8.64. The fourth-order valence-electron chi connectivity index (χ4n) is 4.21. The smallest absolute Gasteiger partial charge is 0.282 e. The molecular formula is C19H20FN3O3S. The summed E-state index contributed by atoms with van der Waals surface area (Å²) in [4.78, 5) is 13.1. The summed E-state index contributed by atoms with van der Waals surface area (Å²) >= 11 is 0. The van der Waals surface area contributed by atoms with Gasteiger partial charge < -0.3 is 5.32 Å². The zero-order valence-corrected chi connectivity index (χ0v) is 15.8. The highest BCUT2D eigenvalue weighted by Gasteiger charge is 2.60. The number of fused-ring (bicyclic) bond motifs is 2. The van der Waals surface area contributed by atoms with E-state index >= 15 is 0 Å². The first kappa shape index (κ1) is 18.1. The van der Waals surface area contributed by atoms with E-state index in [-0.39, 0.29) is 12.5 Å². The van der Waals surface area contributed by atoms with Gasteiger partial charge in [-0.15, -0.1) is 0 Å². The van der Waals surface area contributed by atoms with Gasteiger partial charge in [0.2, 0.25) is 5.91 Å². The van der Waals surface area contributed by atoms with E-state index in [9.17, 15) is 17.6 Å². The maximum Gasteiger partial charge on any atom is 0.282 e. The molecule has 2 atom stereocenters. The van der Waals surface area contributed by atoms with Crippen LogP contribution in [0.3, 0.4) is 0 Å². The Morgan fingerprint density at radius 2 is 1.81 bits per heavy atom. The Bertz CT molecular complexity index is 1010. The standard InChI is InChI=1S/C19H20FN3O3S/c1-22(2)27(25,26)23-12-11-19(17(23)13-7-9-14(20)10-8-13)15-5-3-4-6-16(15)21-18(19)24/h3-10,17H,11-12H2,1-2H3,(H,21,24)/t17-,19+/m0/s1. The van der Waals surface area contributed by atoms with Crippen LogP contribution in [-0.2, 0) is 20.4 Å². The summed E-state index contributed by atoms with van der Waals surface area (Å²) in [6.45, 7) is 0.199. The molecule has 1 spiro atoms. The van der Waals surface area contributed by atoms with Crippen molar-refractivity contribution in [3.63, 3.8) is 0 Å². The number of benzene rings is 2. The normalized spacial score (nSPS) is 25.2. The Kier molecular flexibility index (Phi) is 4.10. The second kappa shape index (κ2) is 6.12. The van der Waals surface area contributed by atoms with E-state index < -0.39 is 27.5 Å². The molecule has 27 heavy (non-hydrogen) atoms. The molecule has 2 aliphatic rings. The maximum atomic E-state index is 13.5. The van der Waals surface area contributed by atoms with Gasteiger partial charge in [0, 0.05) is 26.3 Å². The van der Waals surface area contributed by atoms with Gasteiger partial charge in [0.25, 0.3) is 10.2 Å². The van der Waals surface area contributed by atoms with E-state index in [0.29, 0.717) is 17.7 Å². The molecule has 0 bridgehead atoms. The van der Waals surface area contributed by atoms with Gasteiger partial charge in [-0.3, -0.25) is 4.79 Å². The van der Waals surface area contributed by atoms with E-state index in [0.717, 1.165) is 9.87 Å². The number of carbonyl (C=O) groups is 1. The SMILES string of the molecule is CN(C)S(=O)(=O)N1CC[C@]2(C(=O)Nc3ccccc32)[C@@H]1c1ccc(F)cc1. The molecule has 4 rings (SSSR count). The van der Waals surface area contributed by atoms with E-state index in [1.165, 1.54) is 30.5 Å². The molecule has 1 N–H and O–H groups in total. The molecular weight excluding hydrogens is 369 g/mol. The predicted octanol–water partition coefficient (Wildman–Crippen LogP) is 2.27. The Labute approximate surface area is 157 Å². The monoisotopic (exact) mass is 389 g/mol. The van der Waals surface area contributed by atoms with Crippen LogP contribution >= 0.6 is 0 Å². The Morgan fingerprint density at radius 1 is 1.15 bits per heavy atom. The molecule has 1 amide bonds. The topological polar surface area (TPSA) is 69.7 Å². The highest BCUT2D eigenvalue weighted by molar-refractivity contribution is 7.86. The molecule has 0 aliphatic carbocycles. The highest BCUT2D eigenvalue weighted by atomic mass is 32.2. The zero-order valence-electron chi connectivity index (χ0n) is 15.0. The maximum absolute atomic E-state index is 13.5. The molecule has 2 aromatic rings. The first-order valence-corrected chi connectivity index (χ1v) is 10.0. The second-order valence-corrected chi connectivity index (χ2v) is 9.17. The van der Waals surface area contributed by atoms with Crippen LogP contribution < -0.4 is 5.32 Å². The molecule has 8 heteroatoms. The van der Waals surface area contributed by atoms with Crippen molar-refractivity contribution in [1.82, 2.24) is 8.61 Å². The van der Waals surface area contributed by atoms with Crippen LogP contribution in [0.2, 0.25) is 0 Å². The molecule has 2 aliphatic heterocycles. The average molecular weight is 389 g/mol. The number of para-hydroxylation sites is 1. The molecule has 1 fully saturated rings.